The van der Waals surface area contributed by atoms with E-state index in [0.717, 1.165) is 36.1 Å². The fraction of sp³-hybridized carbons (Fsp3) is 0.333. The van der Waals surface area contributed by atoms with Crippen LogP contribution in [0.15, 0.2) is 30.3 Å². The summed E-state index contributed by atoms with van der Waals surface area (Å²) in [6.07, 6.45) is 1.64. The van der Waals surface area contributed by atoms with E-state index in [-0.39, 0.29) is 17.5 Å². The molecule has 23 heavy (non-hydrogen) atoms. The van der Waals surface area contributed by atoms with Gasteiger partial charge in [0.2, 0.25) is 0 Å². The van der Waals surface area contributed by atoms with E-state index in [4.69, 9.17) is 10.5 Å². The SMILES string of the molecule is COc1cc2c(c(N)c1O)C(Cc1ccc(O)cc1)N(C)CC2. The van der Waals surface area contributed by atoms with Crippen molar-refractivity contribution in [1.29, 1.82) is 0 Å². The van der Waals surface area contributed by atoms with E-state index in [1.54, 1.807) is 12.1 Å². The number of fused-ring (bicyclic) bond motifs is 1. The summed E-state index contributed by atoms with van der Waals surface area (Å²) in [5, 5.41) is 19.7. The smallest absolute Gasteiger partial charge is 0.181 e. The summed E-state index contributed by atoms with van der Waals surface area (Å²) in [4.78, 5) is 2.25. The Bertz CT molecular complexity index is 713. The number of hydrogen-bond acceptors (Lipinski definition) is 5. The van der Waals surface area contributed by atoms with Gasteiger partial charge >= 0.3 is 0 Å². The molecule has 0 saturated carbocycles. The average Bonchev–Trinajstić information content (AvgIpc) is 2.55. The van der Waals surface area contributed by atoms with Gasteiger partial charge in [0, 0.05) is 12.6 Å². The molecule has 2 aromatic rings. The number of nitrogen functional groups attached to an aromatic ring is 1. The minimum absolute atomic E-state index is 0.0113. The molecule has 0 spiro atoms. The topological polar surface area (TPSA) is 79.0 Å². The second-order valence-corrected chi connectivity index (χ2v) is 6.03. The third-order valence-electron chi connectivity index (χ3n) is 4.61. The molecule has 122 valence electrons. The lowest BCUT2D eigenvalue weighted by Gasteiger charge is -2.36. The molecule has 0 fully saturated rings. The molecule has 1 heterocycles. The molecule has 0 bridgehead atoms. The summed E-state index contributed by atoms with van der Waals surface area (Å²) in [6.45, 7) is 0.920. The van der Waals surface area contributed by atoms with Crippen LogP contribution in [0.5, 0.6) is 17.2 Å². The summed E-state index contributed by atoms with van der Waals surface area (Å²) < 4.78 is 5.21. The number of hydrogen-bond donors (Lipinski definition) is 3. The number of methoxy groups -OCH3 is 1. The molecular weight excluding hydrogens is 292 g/mol. The molecule has 5 heteroatoms. The summed E-state index contributed by atoms with van der Waals surface area (Å²) in [7, 11) is 3.60. The number of nitrogens with zero attached hydrogens (tertiary/aromatic N) is 1. The Hall–Kier alpha value is -2.40. The Morgan fingerprint density at radius 2 is 1.96 bits per heavy atom. The molecule has 0 radical (unpaired) electrons. The van der Waals surface area contributed by atoms with Gasteiger partial charge in [-0.05, 0) is 54.8 Å². The standard InChI is InChI=1S/C18H22N2O3/c1-20-8-7-12-10-15(23-2)18(22)17(19)16(12)14(20)9-11-3-5-13(21)6-4-11/h3-6,10,14,21-22H,7-9,19H2,1-2H3. The lowest BCUT2D eigenvalue weighted by Crippen LogP contribution is -2.34. The second kappa shape index (κ2) is 6.01. The van der Waals surface area contributed by atoms with Gasteiger partial charge in [-0.25, -0.2) is 0 Å². The number of nitrogens with two attached hydrogens (primary N) is 1. The van der Waals surface area contributed by atoms with Crippen molar-refractivity contribution in [3.05, 3.63) is 47.0 Å². The zero-order valence-electron chi connectivity index (χ0n) is 13.4. The summed E-state index contributed by atoms with van der Waals surface area (Å²) in [5.74, 6) is 0.694. The first-order valence-electron chi connectivity index (χ1n) is 7.67. The molecule has 1 aliphatic rings. The van der Waals surface area contributed by atoms with E-state index in [2.05, 4.69) is 11.9 Å². The van der Waals surface area contributed by atoms with Crippen molar-refractivity contribution in [2.45, 2.75) is 18.9 Å². The lowest BCUT2D eigenvalue weighted by molar-refractivity contribution is 0.229. The highest BCUT2D eigenvalue weighted by Gasteiger charge is 2.29. The average molecular weight is 314 g/mol. The molecule has 0 saturated heterocycles. The van der Waals surface area contributed by atoms with E-state index >= 15 is 0 Å². The number of anilines is 1. The fourth-order valence-corrected chi connectivity index (χ4v) is 3.28. The van der Waals surface area contributed by atoms with Crippen molar-refractivity contribution in [2.75, 3.05) is 26.4 Å². The molecular formula is C18H22N2O3. The highest BCUT2D eigenvalue weighted by atomic mass is 16.5. The Labute approximate surface area is 135 Å². The fourth-order valence-electron chi connectivity index (χ4n) is 3.28. The molecule has 0 aromatic heterocycles. The van der Waals surface area contributed by atoms with Crippen molar-refractivity contribution in [2.24, 2.45) is 0 Å². The van der Waals surface area contributed by atoms with Gasteiger partial charge < -0.3 is 20.7 Å². The van der Waals surface area contributed by atoms with Crippen LogP contribution >= 0.6 is 0 Å². The number of phenolic OH excluding ortho intramolecular Hbond substituents is 2. The molecule has 1 aliphatic heterocycles. The predicted octanol–water partition coefficient (Wildman–Crippen LogP) is 2.46. The second-order valence-electron chi connectivity index (χ2n) is 6.03. The van der Waals surface area contributed by atoms with E-state index in [1.807, 2.05) is 18.2 Å². The third-order valence-corrected chi connectivity index (χ3v) is 4.61. The highest BCUT2D eigenvalue weighted by Crippen LogP contribution is 2.44. The maximum Gasteiger partial charge on any atom is 0.181 e. The highest BCUT2D eigenvalue weighted by molar-refractivity contribution is 5.68. The van der Waals surface area contributed by atoms with Crippen LogP contribution in [0.4, 0.5) is 5.69 Å². The van der Waals surface area contributed by atoms with Crippen LogP contribution < -0.4 is 10.5 Å². The van der Waals surface area contributed by atoms with Gasteiger partial charge in [0.15, 0.2) is 11.5 Å². The molecule has 0 amide bonds. The van der Waals surface area contributed by atoms with E-state index in [1.165, 1.54) is 7.11 Å². The molecule has 0 aliphatic carbocycles. The van der Waals surface area contributed by atoms with Gasteiger partial charge in [-0.15, -0.1) is 0 Å². The Balaban J connectivity index is 2.02. The van der Waals surface area contributed by atoms with Crippen LogP contribution in [0, 0.1) is 0 Å². The molecule has 4 N–H and O–H groups in total. The van der Waals surface area contributed by atoms with Crippen LogP contribution in [-0.4, -0.2) is 35.8 Å². The Morgan fingerprint density at radius 3 is 2.61 bits per heavy atom. The molecule has 1 atom stereocenters. The van der Waals surface area contributed by atoms with Gasteiger partial charge in [-0.3, -0.25) is 4.90 Å². The zero-order valence-corrected chi connectivity index (χ0v) is 13.4. The van der Waals surface area contributed by atoms with Gasteiger partial charge in [0.25, 0.3) is 0 Å². The predicted molar refractivity (Wildman–Crippen MR) is 90.0 cm³/mol. The van der Waals surface area contributed by atoms with Gasteiger partial charge in [-0.2, -0.15) is 0 Å². The number of ether oxygens (including phenoxy) is 1. The van der Waals surface area contributed by atoms with Gasteiger partial charge in [0.05, 0.1) is 12.8 Å². The van der Waals surface area contributed by atoms with Crippen LogP contribution in [0.1, 0.15) is 22.7 Å². The molecule has 3 rings (SSSR count). The first-order valence-corrected chi connectivity index (χ1v) is 7.67. The monoisotopic (exact) mass is 314 g/mol. The van der Waals surface area contributed by atoms with Crippen molar-refractivity contribution in [1.82, 2.24) is 4.90 Å². The minimum Gasteiger partial charge on any atom is -0.508 e. The number of aromatic hydroxyl groups is 2. The summed E-state index contributed by atoms with van der Waals surface area (Å²) in [5.41, 5.74) is 9.83. The van der Waals surface area contributed by atoms with Gasteiger partial charge in [0.1, 0.15) is 5.75 Å². The van der Waals surface area contributed by atoms with E-state index in [9.17, 15) is 10.2 Å². The van der Waals surface area contributed by atoms with Crippen molar-refractivity contribution in [3.8, 4) is 17.2 Å². The minimum atomic E-state index is 0.0113. The normalized spacial score (nSPS) is 17.7. The van der Waals surface area contributed by atoms with E-state index in [0.29, 0.717) is 11.4 Å². The Morgan fingerprint density at radius 1 is 1.26 bits per heavy atom. The summed E-state index contributed by atoms with van der Waals surface area (Å²) in [6, 6.07) is 9.17. The quantitative estimate of drug-likeness (QED) is 0.599. The van der Waals surface area contributed by atoms with Crippen molar-refractivity contribution >= 4 is 5.69 Å². The number of phenols is 2. The molecule has 1 unspecified atom stereocenters. The third kappa shape index (κ3) is 2.80. The number of likely N-dealkylation sites (N-methyl/N-ethyl adjacent to an activating group) is 1. The van der Waals surface area contributed by atoms with Crippen LogP contribution in [-0.2, 0) is 12.8 Å². The Kier molecular flexibility index (Phi) is 4.05. The lowest BCUT2D eigenvalue weighted by atomic mass is 9.87. The maximum absolute atomic E-state index is 10.3. The van der Waals surface area contributed by atoms with Crippen LogP contribution in [0.3, 0.4) is 0 Å². The van der Waals surface area contributed by atoms with Crippen molar-refractivity contribution < 1.29 is 14.9 Å². The summed E-state index contributed by atoms with van der Waals surface area (Å²) >= 11 is 0. The van der Waals surface area contributed by atoms with Crippen LogP contribution in [0.25, 0.3) is 0 Å². The largest absolute Gasteiger partial charge is 0.508 e. The zero-order chi connectivity index (χ0) is 16.6. The van der Waals surface area contributed by atoms with Crippen LogP contribution in [0.2, 0.25) is 0 Å². The maximum atomic E-state index is 10.3. The molecule has 2 aromatic carbocycles. The first kappa shape index (κ1) is 15.5. The number of rotatable bonds is 3. The van der Waals surface area contributed by atoms with Crippen molar-refractivity contribution in [3.63, 3.8) is 0 Å². The van der Waals surface area contributed by atoms with E-state index < -0.39 is 0 Å². The number of benzene rings is 2. The first-order chi connectivity index (χ1) is 11.0. The molecule has 5 nitrogen and oxygen atoms in total. The van der Waals surface area contributed by atoms with Gasteiger partial charge in [-0.1, -0.05) is 12.1 Å².